The maximum absolute atomic E-state index is 10.4. The van der Waals surface area contributed by atoms with E-state index in [4.69, 9.17) is 31.8 Å². The second-order valence-corrected chi connectivity index (χ2v) is 8.60. The summed E-state index contributed by atoms with van der Waals surface area (Å²) in [6.45, 7) is 2.45. The Balaban J connectivity index is 1.69. The van der Waals surface area contributed by atoms with Crippen molar-refractivity contribution in [3.63, 3.8) is 0 Å². The van der Waals surface area contributed by atoms with Gasteiger partial charge in [0, 0.05) is 29.4 Å². The lowest BCUT2D eigenvalue weighted by molar-refractivity contribution is -0.0988. The minimum absolute atomic E-state index is 0.0370. The Labute approximate surface area is 168 Å². The summed E-state index contributed by atoms with van der Waals surface area (Å²) in [7, 11) is 0. The predicted octanol–water partition coefficient (Wildman–Crippen LogP) is 3.25. The smallest absolute Gasteiger partial charge is 0.283 e. The SMILES string of the molecule is C[C@@]12CCC(O)C[C@H]1[C@@]1(COC(N)=N1)c1cc(-c3cncc(Cl)c3)ccc1O2. The van der Waals surface area contributed by atoms with Crippen LogP contribution in [0.25, 0.3) is 11.1 Å². The Morgan fingerprint density at radius 3 is 2.86 bits per heavy atom. The average molecular weight is 400 g/mol. The first kappa shape index (κ1) is 17.8. The molecule has 0 amide bonds. The van der Waals surface area contributed by atoms with Crippen molar-refractivity contribution in [3.05, 3.63) is 47.2 Å². The summed E-state index contributed by atoms with van der Waals surface area (Å²) in [5, 5.41) is 11.0. The van der Waals surface area contributed by atoms with Gasteiger partial charge < -0.3 is 20.3 Å². The van der Waals surface area contributed by atoms with Crippen LogP contribution in [-0.2, 0) is 10.3 Å². The Morgan fingerprint density at radius 1 is 1.25 bits per heavy atom. The third kappa shape index (κ3) is 2.58. The highest BCUT2D eigenvalue weighted by Gasteiger charge is 2.60. The third-order valence-electron chi connectivity index (χ3n) is 6.37. The van der Waals surface area contributed by atoms with Gasteiger partial charge in [-0.25, -0.2) is 4.99 Å². The first-order chi connectivity index (χ1) is 13.4. The van der Waals surface area contributed by atoms with Crippen molar-refractivity contribution < 1.29 is 14.6 Å². The molecule has 2 aliphatic heterocycles. The van der Waals surface area contributed by atoms with Gasteiger partial charge in [-0.2, -0.15) is 0 Å². The number of pyridine rings is 1. The van der Waals surface area contributed by atoms with Crippen molar-refractivity contribution in [1.29, 1.82) is 0 Å². The van der Waals surface area contributed by atoms with Crippen LogP contribution in [0.5, 0.6) is 5.75 Å². The molecule has 28 heavy (non-hydrogen) atoms. The van der Waals surface area contributed by atoms with Crippen molar-refractivity contribution >= 4 is 17.6 Å². The van der Waals surface area contributed by atoms with Crippen molar-refractivity contribution in [1.82, 2.24) is 4.98 Å². The maximum atomic E-state index is 10.4. The Morgan fingerprint density at radius 2 is 2.11 bits per heavy atom. The Hall–Kier alpha value is -2.31. The number of nitrogens with zero attached hydrogens (tertiary/aromatic N) is 2. The number of aliphatic hydroxyl groups excluding tert-OH is 1. The Bertz CT molecular complexity index is 981. The van der Waals surface area contributed by atoms with E-state index in [1.165, 1.54) is 0 Å². The number of hydrogen-bond donors (Lipinski definition) is 2. The number of benzene rings is 1. The van der Waals surface area contributed by atoms with Crippen LogP contribution in [0, 0.1) is 5.92 Å². The highest BCUT2D eigenvalue weighted by Crippen LogP contribution is 2.57. The van der Waals surface area contributed by atoms with Crippen LogP contribution in [0.2, 0.25) is 5.02 Å². The zero-order chi connectivity index (χ0) is 19.5. The van der Waals surface area contributed by atoms with Crippen LogP contribution in [-0.4, -0.2) is 34.4 Å². The second kappa shape index (κ2) is 6.09. The molecule has 5 rings (SSSR count). The predicted molar refractivity (Wildman–Crippen MR) is 106 cm³/mol. The molecular formula is C21H22ClN3O3. The minimum atomic E-state index is -0.671. The largest absolute Gasteiger partial charge is 0.487 e. The molecule has 1 aliphatic carbocycles. The summed E-state index contributed by atoms with van der Waals surface area (Å²) in [5.74, 6) is 0.751. The van der Waals surface area contributed by atoms with Crippen LogP contribution in [0.3, 0.4) is 0 Å². The first-order valence-electron chi connectivity index (χ1n) is 9.50. The summed E-state index contributed by atoms with van der Waals surface area (Å²) < 4.78 is 12.1. The monoisotopic (exact) mass is 399 g/mol. The minimum Gasteiger partial charge on any atom is -0.487 e. The van der Waals surface area contributed by atoms with Crippen LogP contribution in [0.15, 0.2) is 41.7 Å². The quantitative estimate of drug-likeness (QED) is 0.768. The third-order valence-corrected chi connectivity index (χ3v) is 6.58. The van der Waals surface area contributed by atoms with Crippen LogP contribution in [0.4, 0.5) is 0 Å². The van der Waals surface area contributed by atoms with E-state index in [1.807, 2.05) is 18.2 Å². The molecule has 2 aromatic rings. The van der Waals surface area contributed by atoms with Gasteiger partial charge in [-0.05, 0) is 49.9 Å². The van der Waals surface area contributed by atoms with E-state index in [9.17, 15) is 5.11 Å². The number of aliphatic hydroxyl groups is 1. The number of fused-ring (bicyclic) bond motifs is 4. The van der Waals surface area contributed by atoms with Gasteiger partial charge in [0.2, 0.25) is 0 Å². The first-order valence-corrected chi connectivity index (χ1v) is 9.88. The van der Waals surface area contributed by atoms with Gasteiger partial charge in [-0.15, -0.1) is 0 Å². The summed E-state index contributed by atoms with van der Waals surface area (Å²) in [6, 6.07) is 8.11. The number of halogens is 1. The number of nitrogens with two attached hydrogens (primary N) is 1. The van der Waals surface area contributed by atoms with Crippen molar-refractivity contribution in [2.45, 2.75) is 43.4 Å². The van der Waals surface area contributed by atoms with Gasteiger partial charge >= 0.3 is 0 Å². The Kier molecular flexibility index (Phi) is 3.87. The van der Waals surface area contributed by atoms with Gasteiger partial charge in [-0.3, -0.25) is 4.98 Å². The average Bonchev–Trinajstić information content (AvgIpc) is 3.06. The molecule has 1 saturated carbocycles. The van der Waals surface area contributed by atoms with Crippen molar-refractivity contribution in [3.8, 4) is 16.9 Å². The zero-order valence-electron chi connectivity index (χ0n) is 15.6. The number of aliphatic imine (C=N–C) groups is 1. The second-order valence-electron chi connectivity index (χ2n) is 8.16. The summed E-state index contributed by atoms with van der Waals surface area (Å²) in [5.41, 5.74) is 7.68. The van der Waals surface area contributed by atoms with E-state index >= 15 is 0 Å². The molecule has 3 N–H and O–H groups in total. The lowest BCUT2D eigenvalue weighted by Gasteiger charge is -2.53. The van der Waals surface area contributed by atoms with E-state index in [2.05, 4.69) is 18.0 Å². The molecule has 0 saturated heterocycles. The number of rotatable bonds is 1. The van der Waals surface area contributed by atoms with E-state index < -0.39 is 11.1 Å². The molecular weight excluding hydrogens is 378 g/mol. The molecule has 3 aliphatic rings. The molecule has 1 aromatic heterocycles. The van der Waals surface area contributed by atoms with Crippen molar-refractivity contribution in [2.75, 3.05) is 6.61 Å². The molecule has 4 atom stereocenters. The molecule has 7 heteroatoms. The number of amidine groups is 1. The molecule has 0 bridgehead atoms. The lowest BCUT2D eigenvalue weighted by atomic mass is 9.62. The zero-order valence-corrected chi connectivity index (χ0v) is 16.3. The lowest BCUT2D eigenvalue weighted by Crippen LogP contribution is -2.58. The normalized spacial score (nSPS) is 33.5. The van der Waals surface area contributed by atoms with E-state index in [0.717, 1.165) is 28.9 Å². The molecule has 1 unspecified atom stereocenters. The molecule has 1 aromatic carbocycles. The van der Waals surface area contributed by atoms with Gasteiger partial charge in [-0.1, -0.05) is 17.7 Å². The fourth-order valence-corrected chi connectivity index (χ4v) is 5.17. The summed E-state index contributed by atoms with van der Waals surface area (Å²) in [4.78, 5) is 8.97. The van der Waals surface area contributed by atoms with E-state index in [-0.39, 0.29) is 18.0 Å². The van der Waals surface area contributed by atoms with Gasteiger partial charge in [0.1, 0.15) is 23.5 Å². The number of hydrogen-bond acceptors (Lipinski definition) is 6. The standard InChI is InChI=1S/C21H22ClN3O3/c1-20-5-4-15(26)8-18(20)21(11-27-19(23)25-21)16-7-12(2-3-17(16)28-20)13-6-14(22)10-24-9-13/h2-3,6-7,9-10,15,18,26H,4-5,8,11H2,1H3,(H2,23,25)/t15?,18-,20-,21-/m1/s1. The van der Waals surface area contributed by atoms with Crippen molar-refractivity contribution in [2.24, 2.45) is 16.6 Å². The molecule has 1 spiro atoms. The van der Waals surface area contributed by atoms with Crippen LogP contribution >= 0.6 is 11.6 Å². The molecule has 0 radical (unpaired) electrons. The van der Waals surface area contributed by atoms with Gasteiger partial charge in [0.15, 0.2) is 0 Å². The van der Waals surface area contributed by atoms with Gasteiger partial charge in [0.05, 0.1) is 11.1 Å². The maximum Gasteiger partial charge on any atom is 0.283 e. The van der Waals surface area contributed by atoms with Crippen LogP contribution in [0.1, 0.15) is 31.7 Å². The summed E-state index contributed by atoms with van der Waals surface area (Å²) >= 11 is 6.13. The molecule has 1 fully saturated rings. The van der Waals surface area contributed by atoms with E-state index in [1.54, 1.807) is 12.4 Å². The van der Waals surface area contributed by atoms with Crippen LogP contribution < -0.4 is 10.5 Å². The van der Waals surface area contributed by atoms with E-state index in [0.29, 0.717) is 24.5 Å². The number of aromatic nitrogens is 1. The topological polar surface area (TPSA) is 90.0 Å². The molecule has 3 heterocycles. The fourth-order valence-electron chi connectivity index (χ4n) is 5.00. The molecule has 6 nitrogen and oxygen atoms in total. The highest BCUT2D eigenvalue weighted by atomic mass is 35.5. The van der Waals surface area contributed by atoms with Gasteiger partial charge in [0.25, 0.3) is 6.02 Å². The highest BCUT2D eigenvalue weighted by molar-refractivity contribution is 6.30. The summed E-state index contributed by atoms with van der Waals surface area (Å²) in [6.07, 6.45) is 5.08. The molecule has 146 valence electrons. The fraction of sp³-hybridized carbons (Fsp3) is 0.429. The number of ether oxygens (including phenoxy) is 2.